The van der Waals surface area contributed by atoms with Gasteiger partial charge in [0.2, 0.25) is 5.91 Å². The molecule has 25 heavy (non-hydrogen) atoms. The van der Waals surface area contributed by atoms with E-state index in [1.54, 1.807) is 0 Å². The second kappa shape index (κ2) is 7.81. The molecule has 2 heterocycles. The van der Waals surface area contributed by atoms with Gasteiger partial charge < -0.3 is 20.2 Å². The Hall–Kier alpha value is -2.86. The molecule has 3 N–H and O–H groups in total. The number of nitrogens with two attached hydrogens (primary N) is 1. The lowest BCUT2D eigenvalue weighted by Gasteiger charge is -2.05. The summed E-state index contributed by atoms with van der Waals surface area (Å²) >= 11 is 0. The van der Waals surface area contributed by atoms with Gasteiger partial charge in [-0.25, -0.2) is 4.98 Å². The Labute approximate surface area is 146 Å². The number of carbonyl (C=O) groups is 1. The lowest BCUT2D eigenvalue weighted by Crippen LogP contribution is -2.13. The zero-order valence-electron chi connectivity index (χ0n) is 14.2. The van der Waals surface area contributed by atoms with Crippen LogP contribution in [0.5, 0.6) is 5.75 Å². The Morgan fingerprint density at radius 3 is 2.72 bits per heavy atom. The Balaban J connectivity index is 1.79. The molecule has 0 bridgehead atoms. The normalized spacial score (nSPS) is 10.8. The number of pyridine rings is 1. The van der Waals surface area contributed by atoms with Gasteiger partial charge in [-0.3, -0.25) is 4.79 Å². The molecule has 0 aliphatic heterocycles. The minimum Gasteiger partial charge on any atom is -0.494 e. The van der Waals surface area contributed by atoms with E-state index >= 15 is 0 Å². The fourth-order valence-electron chi connectivity index (χ4n) is 2.58. The van der Waals surface area contributed by atoms with Crippen molar-refractivity contribution >= 4 is 17.2 Å². The molecule has 6 nitrogen and oxygen atoms in total. The number of fused-ring (bicyclic) bond motifs is 1. The molecule has 0 aliphatic carbocycles. The third-order valence-corrected chi connectivity index (χ3v) is 3.80. The van der Waals surface area contributed by atoms with Crippen LogP contribution >= 0.6 is 0 Å². The number of amides is 1. The topological polar surface area (TPSA) is 81.7 Å². The van der Waals surface area contributed by atoms with Gasteiger partial charge in [0.1, 0.15) is 11.4 Å². The summed E-state index contributed by atoms with van der Waals surface area (Å²) in [5.74, 6) is 0.814. The van der Waals surface area contributed by atoms with Crippen molar-refractivity contribution in [2.75, 3.05) is 18.5 Å². The van der Waals surface area contributed by atoms with Crippen molar-refractivity contribution in [2.24, 2.45) is 5.73 Å². The molecule has 3 rings (SSSR count). The van der Waals surface area contributed by atoms with Crippen molar-refractivity contribution in [1.82, 2.24) is 9.38 Å². The first kappa shape index (κ1) is 17.0. The van der Waals surface area contributed by atoms with E-state index in [4.69, 9.17) is 10.5 Å². The van der Waals surface area contributed by atoms with Gasteiger partial charge in [-0.2, -0.15) is 0 Å². The summed E-state index contributed by atoms with van der Waals surface area (Å²) < 4.78 is 7.37. The minimum atomic E-state index is -0.0309. The highest BCUT2D eigenvalue weighted by atomic mass is 16.5. The Morgan fingerprint density at radius 1 is 1.20 bits per heavy atom. The van der Waals surface area contributed by atoms with E-state index in [1.807, 2.05) is 60.1 Å². The van der Waals surface area contributed by atoms with Crippen LogP contribution in [-0.2, 0) is 4.79 Å². The predicted octanol–water partition coefficient (Wildman–Crippen LogP) is 3.08. The van der Waals surface area contributed by atoms with Crippen LogP contribution in [-0.4, -0.2) is 28.4 Å². The fraction of sp³-hybridized carbons (Fsp3) is 0.263. The lowest BCUT2D eigenvalue weighted by molar-refractivity contribution is -0.116. The highest BCUT2D eigenvalue weighted by Crippen LogP contribution is 2.23. The summed E-state index contributed by atoms with van der Waals surface area (Å²) in [5, 5.41) is 2.88. The van der Waals surface area contributed by atoms with E-state index in [1.165, 1.54) is 0 Å². The smallest absolute Gasteiger partial charge is 0.224 e. The van der Waals surface area contributed by atoms with E-state index in [-0.39, 0.29) is 5.91 Å². The van der Waals surface area contributed by atoms with E-state index in [9.17, 15) is 4.79 Å². The fourth-order valence-corrected chi connectivity index (χ4v) is 2.58. The van der Waals surface area contributed by atoms with Crippen molar-refractivity contribution in [3.8, 4) is 17.0 Å². The number of benzene rings is 1. The van der Waals surface area contributed by atoms with Gasteiger partial charge in [0.25, 0.3) is 0 Å². The molecule has 130 valence electrons. The molecule has 0 saturated carbocycles. The highest BCUT2D eigenvalue weighted by Gasteiger charge is 2.07. The maximum Gasteiger partial charge on any atom is 0.224 e. The van der Waals surface area contributed by atoms with Gasteiger partial charge in [-0.05, 0) is 56.3 Å². The molecule has 0 atom stereocenters. The molecule has 1 aromatic carbocycles. The Morgan fingerprint density at radius 2 is 2.00 bits per heavy atom. The minimum absolute atomic E-state index is 0.0309. The molecule has 1 amide bonds. The molecule has 6 heteroatoms. The van der Waals surface area contributed by atoms with Crippen LogP contribution in [0, 0.1) is 0 Å². The Kier molecular flexibility index (Phi) is 5.30. The second-order valence-electron chi connectivity index (χ2n) is 5.71. The summed E-state index contributed by atoms with van der Waals surface area (Å²) in [7, 11) is 0. The van der Waals surface area contributed by atoms with Crippen LogP contribution in [0.15, 0.2) is 48.8 Å². The SMILES string of the molecule is CCOc1ccc(-c2cn3cc(NC(=O)CCCN)ccc3n2)cc1. The van der Waals surface area contributed by atoms with Gasteiger partial charge in [0, 0.05) is 24.4 Å². The van der Waals surface area contributed by atoms with Crippen molar-refractivity contribution in [2.45, 2.75) is 19.8 Å². The number of carbonyl (C=O) groups excluding carboxylic acids is 1. The molecule has 2 aromatic heterocycles. The monoisotopic (exact) mass is 338 g/mol. The number of nitrogens with zero attached hydrogens (tertiary/aromatic N) is 2. The van der Waals surface area contributed by atoms with Gasteiger partial charge >= 0.3 is 0 Å². The summed E-state index contributed by atoms with van der Waals surface area (Å²) in [5.41, 5.74) is 8.88. The summed E-state index contributed by atoms with van der Waals surface area (Å²) in [6, 6.07) is 11.6. The third-order valence-electron chi connectivity index (χ3n) is 3.80. The summed E-state index contributed by atoms with van der Waals surface area (Å²) in [6.07, 6.45) is 4.91. The van der Waals surface area contributed by atoms with Crippen LogP contribution in [0.3, 0.4) is 0 Å². The van der Waals surface area contributed by atoms with Gasteiger partial charge in [0.05, 0.1) is 18.0 Å². The van der Waals surface area contributed by atoms with Crippen molar-refractivity contribution in [1.29, 1.82) is 0 Å². The number of hydrogen-bond donors (Lipinski definition) is 2. The maximum atomic E-state index is 11.8. The predicted molar refractivity (Wildman–Crippen MR) is 98.7 cm³/mol. The van der Waals surface area contributed by atoms with Crippen molar-refractivity contribution < 1.29 is 9.53 Å². The number of nitrogens with one attached hydrogen (secondary N) is 1. The molecular weight excluding hydrogens is 316 g/mol. The molecule has 0 fully saturated rings. The largest absolute Gasteiger partial charge is 0.494 e. The quantitative estimate of drug-likeness (QED) is 0.693. The zero-order valence-corrected chi connectivity index (χ0v) is 14.2. The van der Waals surface area contributed by atoms with Crippen molar-refractivity contribution in [3.63, 3.8) is 0 Å². The van der Waals surface area contributed by atoms with Gasteiger partial charge in [-0.15, -0.1) is 0 Å². The zero-order chi connectivity index (χ0) is 17.6. The van der Waals surface area contributed by atoms with Crippen LogP contribution in [0.2, 0.25) is 0 Å². The van der Waals surface area contributed by atoms with E-state index in [0.717, 1.165) is 28.3 Å². The second-order valence-corrected chi connectivity index (χ2v) is 5.71. The molecule has 0 radical (unpaired) electrons. The highest BCUT2D eigenvalue weighted by molar-refractivity contribution is 5.90. The Bertz CT molecular complexity index is 855. The van der Waals surface area contributed by atoms with Crippen LogP contribution in [0.25, 0.3) is 16.9 Å². The van der Waals surface area contributed by atoms with E-state index < -0.39 is 0 Å². The van der Waals surface area contributed by atoms with Crippen LogP contribution in [0.1, 0.15) is 19.8 Å². The average Bonchev–Trinajstić information content (AvgIpc) is 3.04. The maximum absolute atomic E-state index is 11.8. The lowest BCUT2D eigenvalue weighted by atomic mass is 10.2. The van der Waals surface area contributed by atoms with Gasteiger partial charge in [-0.1, -0.05) is 0 Å². The van der Waals surface area contributed by atoms with Crippen molar-refractivity contribution in [3.05, 3.63) is 48.8 Å². The number of rotatable bonds is 7. The molecule has 0 spiro atoms. The first-order chi connectivity index (χ1) is 12.2. The standard InChI is InChI=1S/C19H22N4O2/c1-2-25-16-8-5-14(6-9-16)17-13-23-12-15(7-10-18(23)22-17)21-19(24)4-3-11-20/h5-10,12-13H,2-4,11,20H2,1H3,(H,21,24). The van der Waals surface area contributed by atoms with Gasteiger partial charge in [0.15, 0.2) is 0 Å². The van der Waals surface area contributed by atoms with E-state index in [0.29, 0.717) is 26.0 Å². The summed E-state index contributed by atoms with van der Waals surface area (Å²) in [4.78, 5) is 16.4. The number of ether oxygens (including phenoxy) is 1. The van der Waals surface area contributed by atoms with Crippen LogP contribution < -0.4 is 15.8 Å². The molecule has 0 aliphatic rings. The third kappa shape index (κ3) is 4.16. The number of hydrogen-bond acceptors (Lipinski definition) is 4. The first-order valence-electron chi connectivity index (χ1n) is 8.41. The first-order valence-corrected chi connectivity index (χ1v) is 8.41. The average molecular weight is 338 g/mol. The van der Waals surface area contributed by atoms with E-state index in [2.05, 4.69) is 10.3 Å². The molecular formula is C19H22N4O2. The molecule has 0 unspecified atom stereocenters. The number of imidazole rings is 1. The molecule has 0 saturated heterocycles. The number of aromatic nitrogens is 2. The summed E-state index contributed by atoms with van der Waals surface area (Å²) in [6.45, 7) is 3.12. The molecule has 3 aromatic rings. The van der Waals surface area contributed by atoms with Crippen LogP contribution in [0.4, 0.5) is 5.69 Å². The number of anilines is 1.